The molecule has 0 amide bonds. The Bertz CT molecular complexity index is 415. The Hall–Kier alpha value is -0.540. The van der Waals surface area contributed by atoms with E-state index in [9.17, 15) is 0 Å². The number of methoxy groups -OCH3 is 1. The number of benzene rings is 1. The lowest BCUT2D eigenvalue weighted by Crippen LogP contribution is -2.18. The highest BCUT2D eigenvalue weighted by molar-refractivity contribution is 9.10. The minimum Gasteiger partial charge on any atom is -0.497 e. The monoisotopic (exact) mass is 339 g/mol. The van der Waals surface area contributed by atoms with Crippen molar-refractivity contribution in [2.45, 2.75) is 51.0 Å². The van der Waals surface area contributed by atoms with Gasteiger partial charge in [0, 0.05) is 10.5 Å². The van der Waals surface area contributed by atoms with E-state index in [4.69, 9.17) is 4.74 Å². The lowest BCUT2D eigenvalue weighted by atomic mass is 9.84. The molecule has 0 saturated heterocycles. The largest absolute Gasteiger partial charge is 0.497 e. The van der Waals surface area contributed by atoms with Crippen molar-refractivity contribution in [1.82, 2.24) is 5.32 Å². The van der Waals surface area contributed by atoms with Gasteiger partial charge in [-0.15, -0.1) is 0 Å². The van der Waals surface area contributed by atoms with Crippen LogP contribution in [0.25, 0.3) is 0 Å². The predicted molar refractivity (Wildman–Crippen MR) is 88.3 cm³/mol. The maximum atomic E-state index is 5.27. The van der Waals surface area contributed by atoms with E-state index in [1.54, 1.807) is 7.11 Å². The third-order valence-corrected chi connectivity index (χ3v) is 5.21. The van der Waals surface area contributed by atoms with Crippen molar-refractivity contribution in [2.24, 2.45) is 5.92 Å². The van der Waals surface area contributed by atoms with E-state index in [0.717, 1.165) is 16.1 Å². The molecule has 0 aromatic heterocycles. The molecule has 2 nitrogen and oxygen atoms in total. The van der Waals surface area contributed by atoms with Crippen LogP contribution >= 0.6 is 15.9 Å². The summed E-state index contributed by atoms with van der Waals surface area (Å²) in [7, 11) is 3.77. The van der Waals surface area contributed by atoms with Crippen molar-refractivity contribution >= 4 is 15.9 Å². The van der Waals surface area contributed by atoms with Gasteiger partial charge in [-0.25, -0.2) is 0 Å². The fourth-order valence-electron chi connectivity index (χ4n) is 3.25. The molecule has 0 bridgehead atoms. The fourth-order valence-corrected chi connectivity index (χ4v) is 3.89. The summed E-state index contributed by atoms with van der Waals surface area (Å²) >= 11 is 3.68. The van der Waals surface area contributed by atoms with Crippen LogP contribution in [0.4, 0.5) is 0 Å². The summed E-state index contributed by atoms with van der Waals surface area (Å²) in [5.41, 5.74) is 1.34. The van der Waals surface area contributed by atoms with Gasteiger partial charge >= 0.3 is 0 Å². The molecule has 0 aliphatic heterocycles. The Morgan fingerprint density at radius 2 is 2.05 bits per heavy atom. The van der Waals surface area contributed by atoms with Gasteiger partial charge in [0.2, 0.25) is 0 Å². The Morgan fingerprint density at radius 3 is 2.65 bits per heavy atom. The Labute approximate surface area is 131 Å². The number of ether oxygens (including phenoxy) is 1. The molecule has 0 heterocycles. The van der Waals surface area contributed by atoms with Crippen LogP contribution in [0.1, 0.15) is 56.6 Å². The summed E-state index contributed by atoms with van der Waals surface area (Å²) in [6.45, 7) is 0. The van der Waals surface area contributed by atoms with Gasteiger partial charge in [-0.1, -0.05) is 54.1 Å². The summed E-state index contributed by atoms with van der Waals surface area (Å²) in [4.78, 5) is 0. The van der Waals surface area contributed by atoms with E-state index in [-0.39, 0.29) is 0 Å². The van der Waals surface area contributed by atoms with Gasteiger partial charge < -0.3 is 10.1 Å². The summed E-state index contributed by atoms with van der Waals surface area (Å²) in [6.07, 6.45) is 9.72. The normalized spacial score (nSPS) is 17.9. The molecule has 1 unspecified atom stereocenters. The standard InChI is InChI=1S/C17H26BrNO/c1-19-17(11-8-13-6-4-3-5-7-13)15-10-9-14(20-2)12-16(15)18/h9-10,12-13,17,19H,3-8,11H2,1-2H3. The zero-order valence-corrected chi connectivity index (χ0v) is 14.2. The second-order valence-electron chi connectivity index (χ2n) is 5.81. The molecule has 0 spiro atoms. The molecule has 20 heavy (non-hydrogen) atoms. The third kappa shape index (κ3) is 4.23. The van der Waals surface area contributed by atoms with Crippen LogP contribution < -0.4 is 10.1 Å². The lowest BCUT2D eigenvalue weighted by Gasteiger charge is -2.25. The quantitative estimate of drug-likeness (QED) is 0.780. The second-order valence-corrected chi connectivity index (χ2v) is 6.66. The number of hydrogen-bond acceptors (Lipinski definition) is 2. The Balaban J connectivity index is 1.96. The minimum atomic E-state index is 0.428. The highest BCUT2D eigenvalue weighted by atomic mass is 79.9. The molecule has 1 N–H and O–H groups in total. The van der Waals surface area contributed by atoms with Gasteiger partial charge in [0.1, 0.15) is 5.75 Å². The number of rotatable bonds is 6. The topological polar surface area (TPSA) is 21.3 Å². The predicted octanol–water partition coefficient (Wildman–Crippen LogP) is 5.08. The van der Waals surface area contributed by atoms with Crippen molar-refractivity contribution < 1.29 is 4.74 Å². The van der Waals surface area contributed by atoms with Gasteiger partial charge in [0.25, 0.3) is 0 Å². The Kier molecular flexibility index (Phi) is 6.37. The first-order valence-corrected chi connectivity index (χ1v) is 8.54. The molecule has 1 aliphatic carbocycles. The average molecular weight is 340 g/mol. The van der Waals surface area contributed by atoms with Gasteiger partial charge in [0.05, 0.1) is 7.11 Å². The smallest absolute Gasteiger partial charge is 0.120 e. The molecular formula is C17H26BrNO. The molecule has 1 atom stereocenters. The van der Waals surface area contributed by atoms with Crippen molar-refractivity contribution in [2.75, 3.05) is 14.2 Å². The molecule has 2 rings (SSSR count). The molecular weight excluding hydrogens is 314 g/mol. The molecule has 1 aromatic carbocycles. The van der Waals surface area contributed by atoms with Crippen LogP contribution in [0.3, 0.4) is 0 Å². The van der Waals surface area contributed by atoms with Crippen molar-refractivity contribution in [1.29, 1.82) is 0 Å². The molecule has 0 radical (unpaired) electrons. The highest BCUT2D eigenvalue weighted by Crippen LogP contribution is 2.33. The number of nitrogens with one attached hydrogen (secondary N) is 1. The minimum absolute atomic E-state index is 0.428. The van der Waals surface area contributed by atoms with Gasteiger partial charge in [0.15, 0.2) is 0 Å². The second kappa shape index (κ2) is 8.04. The highest BCUT2D eigenvalue weighted by Gasteiger charge is 2.18. The SMILES string of the molecule is CNC(CCC1CCCCC1)c1ccc(OC)cc1Br. The zero-order valence-electron chi connectivity index (χ0n) is 12.6. The third-order valence-electron chi connectivity index (χ3n) is 4.52. The fraction of sp³-hybridized carbons (Fsp3) is 0.647. The first-order chi connectivity index (χ1) is 9.74. The lowest BCUT2D eigenvalue weighted by molar-refractivity contribution is 0.317. The van der Waals surface area contributed by atoms with Gasteiger partial charge in [-0.2, -0.15) is 0 Å². The van der Waals surface area contributed by atoms with E-state index < -0.39 is 0 Å². The van der Waals surface area contributed by atoms with Crippen LogP contribution in [0.5, 0.6) is 5.75 Å². The van der Waals surface area contributed by atoms with Crippen LogP contribution in [0, 0.1) is 5.92 Å². The van der Waals surface area contributed by atoms with Crippen LogP contribution in [-0.2, 0) is 0 Å². The maximum Gasteiger partial charge on any atom is 0.120 e. The number of hydrogen-bond donors (Lipinski definition) is 1. The first-order valence-electron chi connectivity index (χ1n) is 7.75. The first kappa shape index (κ1) is 15.8. The maximum absolute atomic E-state index is 5.27. The summed E-state index contributed by atoms with van der Waals surface area (Å²) in [6, 6.07) is 6.70. The van der Waals surface area contributed by atoms with Crippen LogP contribution in [0.15, 0.2) is 22.7 Å². The summed E-state index contributed by atoms with van der Waals surface area (Å²) in [5.74, 6) is 1.85. The molecule has 3 heteroatoms. The van der Waals surface area contributed by atoms with Gasteiger partial charge in [-0.05, 0) is 43.5 Å². The van der Waals surface area contributed by atoms with E-state index in [0.29, 0.717) is 6.04 Å². The molecule has 1 aliphatic rings. The molecule has 1 fully saturated rings. The van der Waals surface area contributed by atoms with Crippen molar-refractivity contribution in [3.8, 4) is 5.75 Å². The molecule has 1 aromatic rings. The molecule has 1 saturated carbocycles. The van der Waals surface area contributed by atoms with Crippen molar-refractivity contribution in [3.63, 3.8) is 0 Å². The summed E-state index contributed by atoms with van der Waals surface area (Å²) in [5, 5.41) is 3.47. The van der Waals surface area contributed by atoms with Crippen molar-refractivity contribution in [3.05, 3.63) is 28.2 Å². The van der Waals surface area contributed by atoms with E-state index in [1.807, 2.05) is 6.07 Å². The van der Waals surface area contributed by atoms with E-state index in [1.165, 1.54) is 50.5 Å². The summed E-state index contributed by atoms with van der Waals surface area (Å²) < 4.78 is 6.41. The van der Waals surface area contributed by atoms with Crippen LogP contribution in [0.2, 0.25) is 0 Å². The van der Waals surface area contributed by atoms with E-state index in [2.05, 4.69) is 40.4 Å². The van der Waals surface area contributed by atoms with Crippen LogP contribution in [-0.4, -0.2) is 14.2 Å². The Morgan fingerprint density at radius 1 is 1.30 bits per heavy atom. The average Bonchev–Trinajstić information content (AvgIpc) is 2.50. The number of halogens is 1. The molecule has 112 valence electrons. The van der Waals surface area contributed by atoms with Gasteiger partial charge in [-0.3, -0.25) is 0 Å². The van der Waals surface area contributed by atoms with E-state index >= 15 is 0 Å². The zero-order chi connectivity index (χ0) is 14.4.